The molecule has 0 fully saturated rings. The van der Waals surface area contributed by atoms with E-state index < -0.39 is 0 Å². The number of imidazole rings is 2. The highest BCUT2D eigenvalue weighted by molar-refractivity contribution is 5.58. The number of hydrogen-bond acceptors (Lipinski definition) is 1. The monoisotopic (exact) mass is 185 g/mol. The SMILES string of the molecule is Cn1c2c(n3ccnc13)C=CC=CC2. The van der Waals surface area contributed by atoms with Gasteiger partial charge in [0, 0.05) is 31.6 Å². The topological polar surface area (TPSA) is 22.2 Å². The lowest BCUT2D eigenvalue weighted by Gasteiger charge is -1.98. The zero-order valence-corrected chi connectivity index (χ0v) is 8.01. The van der Waals surface area contributed by atoms with Gasteiger partial charge in [-0.1, -0.05) is 18.2 Å². The number of rotatable bonds is 0. The summed E-state index contributed by atoms with van der Waals surface area (Å²) in [5, 5.41) is 0. The van der Waals surface area contributed by atoms with Crippen molar-refractivity contribution < 1.29 is 0 Å². The fourth-order valence-electron chi connectivity index (χ4n) is 1.99. The molecular formula is C11H11N3. The second kappa shape index (κ2) is 2.61. The van der Waals surface area contributed by atoms with Gasteiger partial charge in [-0.15, -0.1) is 0 Å². The van der Waals surface area contributed by atoms with Crippen molar-refractivity contribution in [3.63, 3.8) is 0 Å². The normalized spacial score (nSPS) is 14.6. The van der Waals surface area contributed by atoms with E-state index in [0.717, 1.165) is 12.2 Å². The summed E-state index contributed by atoms with van der Waals surface area (Å²) in [6, 6.07) is 0. The van der Waals surface area contributed by atoms with E-state index in [0.29, 0.717) is 0 Å². The predicted octanol–water partition coefficient (Wildman–Crippen LogP) is 1.80. The van der Waals surface area contributed by atoms with Crippen LogP contribution in [-0.4, -0.2) is 14.0 Å². The van der Waals surface area contributed by atoms with Crippen LogP contribution in [0.3, 0.4) is 0 Å². The molecule has 0 saturated carbocycles. The third-order valence-electron chi connectivity index (χ3n) is 2.69. The van der Waals surface area contributed by atoms with Crippen LogP contribution in [0.4, 0.5) is 0 Å². The molecule has 0 radical (unpaired) electrons. The molecule has 0 amide bonds. The van der Waals surface area contributed by atoms with Crippen molar-refractivity contribution in [1.82, 2.24) is 14.0 Å². The van der Waals surface area contributed by atoms with Gasteiger partial charge in [0.2, 0.25) is 5.78 Å². The quantitative estimate of drug-likeness (QED) is 0.613. The molecule has 0 aromatic carbocycles. The van der Waals surface area contributed by atoms with Gasteiger partial charge in [-0.25, -0.2) is 4.98 Å². The summed E-state index contributed by atoms with van der Waals surface area (Å²) in [4.78, 5) is 4.32. The average Bonchev–Trinajstić information content (AvgIpc) is 2.65. The number of aromatic nitrogens is 3. The van der Waals surface area contributed by atoms with Crippen LogP contribution in [0.1, 0.15) is 11.4 Å². The van der Waals surface area contributed by atoms with Crippen LogP contribution in [0, 0.1) is 0 Å². The van der Waals surface area contributed by atoms with Crippen molar-refractivity contribution in [2.75, 3.05) is 0 Å². The molecule has 3 rings (SSSR count). The van der Waals surface area contributed by atoms with Crippen LogP contribution >= 0.6 is 0 Å². The standard InChI is InChI=1S/C11H11N3/c1-13-9-5-3-2-4-6-10(9)14-8-7-12-11(13)14/h2-4,6-8H,5H2,1H3. The summed E-state index contributed by atoms with van der Waals surface area (Å²) in [6.07, 6.45) is 13.3. The lowest BCUT2D eigenvalue weighted by molar-refractivity contribution is 0.873. The van der Waals surface area contributed by atoms with Gasteiger partial charge >= 0.3 is 0 Å². The Morgan fingerprint density at radius 1 is 1.36 bits per heavy atom. The molecule has 0 unspecified atom stereocenters. The number of aryl methyl sites for hydroxylation is 1. The maximum atomic E-state index is 4.32. The Bertz CT molecular complexity index is 540. The summed E-state index contributed by atoms with van der Waals surface area (Å²) >= 11 is 0. The minimum absolute atomic E-state index is 0.974. The highest BCUT2D eigenvalue weighted by atomic mass is 15.2. The molecular weight excluding hydrogens is 174 g/mol. The number of allylic oxidation sites excluding steroid dienone is 3. The van der Waals surface area contributed by atoms with Gasteiger partial charge in [-0.2, -0.15) is 0 Å². The van der Waals surface area contributed by atoms with E-state index >= 15 is 0 Å². The molecule has 0 aliphatic heterocycles. The van der Waals surface area contributed by atoms with Gasteiger partial charge in [0.05, 0.1) is 5.69 Å². The van der Waals surface area contributed by atoms with E-state index in [1.807, 2.05) is 12.4 Å². The van der Waals surface area contributed by atoms with E-state index in [2.05, 4.69) is 45.3 Å². The van der Waals surface area contributed by atoms with Crippen LogP contribution in [0.5, 0.6) is 0 Å². The summed E-state index contributed by atoms with van der Waals surface area (Å²) in [7, 11) is 2.06. The van der Waals surface area contributed by atoms with Crippen LogP contribution < -0.4 is 0 Å². The first-order valence-corrected chi connectivity index (χ1v) is 4.72. The summed E-state index contributed by atoms with van der Waals surface area (Å²) in [6.45, 7) is 0. The first kappa shape index (κ1) is 7.62. The van der Waals surface area contributed by atoms with E-state index in [-0.39, 0.29) is 0 Å². The maximum Gasteiger partial charge on any atom is 0.214 e. The van der Waals surface area contributed by atoms with Crippen LogP contribution in [0.25, 0.3) is 11.9 Å². The molecule has 1 aliphatic carbocycles. The maximum absolute atomic E-state index is 4.32. The molecule has 3 heteroatoms. The minimum Gasteiger partial charge on any atom is -0.316 e. The highest BCUT2D eigenvalue weighted by Gasteiger charge is 2.12. The molecule has 0 bridgehead atoms. The number of nitrogens with zero attached hydrogens (tertiary/aromatic N) is 3. The lowest BCUT2D eigenvalue weighted by atomic mass is 10.2. The Morgan fingerprint density at radius 3 is 3.21 bits per heavy atom. The van der Waals surface area contributed by atoms with Gasteiger partial charge in [0.1, 0.15) is 0 Å². The Hall–Kier alpha value is -1.77. The highest BCUT2D eigenvalue weighted by Crippen LogP contribution is 2.19. The van der Waals surface area contributed by atoms with E-state index in [9.17, 15) is 0 Å². The van der Waals surface area contributed by atoms with Gasteiger partial charge in [-0.05, 0) is 6.08 Å². The van der Waals surface area contributed by atoms with Crippen LogP contribution in [0.15, 0.2) is 30.6 Å². The molecule has 1 aliphatic rings. The van der Waals surface area contributed by atoms with Gasteiger partial charge in [0.15, 0.2) is 0 Å². The van der Waals surface area contributed by atoms with Gasteiger partial charge in [0.25, 0.3) is 0 Å². The molecule has 3 nitrogen and oxygen atoms in total. The molecule has 0 saturated heterocycles. The second-order valence-corrected chi connectivity index (χ2v) is 3.48. The van der Waals surface area contributed by atoms with Crippen molar-refractivity contribution in [1.29, 1.82) is 0 Å². The van der Waals surface area contributed by atoms with Crippen LogP contribution in [0.2, 0.25) is 0 Å². The van der Waals surface area contributed by atoms with Crippen molar-refractivity contribution in [3.05, 3.63) is 42.0 Å². The largest absolute Gasteiger partial charge is 0.316 e. The minimum atomic E-state index is 0.974. The van der Waals surface area contributed by atoms with E-state index in [1.54, 1.807) is 0 Å². The lowest BCUT2D eigenvalue weighted by Crippen LogP contribution is -1.96. The van der Waals surface area contributed by atoms with E-state index in [4.69, 9.17) is 0 Å². The Labute approximate surface area is 82.0 Å². The fourth-order valence-corrected chi connectivity index (χ4v) is 1.99. The Balaban J connectivity index is 2.43. The van der Waals surface area contributed by atoms with Crippen molar-refractivity contribution in [3.8, 4) is 0 Å². The third kappa shape index (κ3) is 0.839. The zero-order valence-electron chi connectivity index (χ0n) is 8.01. The molecule has 14 heavy (non-hydrogen) atoms. The smallest absolute Gasteiger partial charge is 0.214 e. The Morgan fingerprint density at radius 2 is 2.29 bits per heavy atom. The van der Waals surface area contributed by atoms with Crippen molar-refractivity contribution >= 4 is 11.9 Å². The Kier molecular flexibility index (Phi) is 1.42. The van der Waals surface area contributed by atoms with Crippen molar-refractivity contribution in [2.45, 2.75) is 6.42 Å². The van der Waals surface area contributed by atoms with E-state index in [1.165, 1.54) is 11.4 Å². The fraction of sp³-hybridized carbons (Fsp3) is 0.182. The average molecular weight is 185 g/mol. The first-order valence-electron chi connectivity index (χ1n) is 4.72. The number of fused-ring (bicyclic) bond motifs is 3. The summed E-state index contributed by atoms with van der Waals surface area (Å²) in [5.74, 6) is 1.01. The predicted molar refractivity (Wildman–Crippen MR) is 56.0 cm³/mol. The zero-order chi connectivity index (χ0) is 9.54. The molecule has 2 aromatic rings. The third-order valence-corrected chi connectivity index (χ3v) is 2.69. The summed E-state index contributed by atoms with van der Waals surface area (Å²) in [5.41, 5.74) is 2.56. The molecule has 70 valence electrons. The second-order valence-electron chi connectivity index (χ2n) is 3.48. The van der Waals surface area contributed by atoms with Crippen LogP contribution in [-0.2, 0) is 13.5 Å². The van der Waals surface area contributed by atoms with Crippen molar-refractivity contribution in [2.24, 2.45) is 7.05 Å². The summed E-state index contributed by atoms with van der Waals surface area (Å²) < 4.78 is 4.27. The molecule has 2 heterocycles. The molecule has 0 spiro atoms. The first-order chi connectivity index (χ1) is 6.88. The van der Waals surface area contributed by atoms with Gasteiger partial charge < -0.3 is 4.57 Å². The molecule has 0 atom stereocenters. The number of hydrogen-bond donors (Lipinski definition) is 0. The molecule has 0 N–H and O–H groups in total. The molecule has 2 aromatic heterocycles. The van der Waals surface area contributed by atoms with Gasteiger partial charge in [-0.3, -0.25) is 4.40 Å².